The van der Waals surface area contributed by atoms with Crippen LogP contribution in [0.1, 0.15) is 11.6 Å². The number of aromatic nitrogens is 1. The Morgan fingerprint density at radius 3 is 2.60 bits per heavy atom. The molecule has 1 N–H and O–H groups in total. The van der Waals surface area contributed by atoms with Crippen LogP contribution in [0.4, 0.5) is 11.4 Å². The molecular formula is C18H15Br2N3OS. The van der Waals surface area contributed by atoms with E-state index < -0.39 is 0 Å². The third kappa shape index (κ3) is 3.13. The van der Waals surface area contributed by atoms with Gasteiger partial charge in [-0.15, -0.1) is 5.11 Å². The van der Waals surface area contributed by atoms with E-state index in [-0.39, 0.29) is 5.88 Å². The first kappa shape index (κ1) is 17.1. The summed E-state index contributed by atoms with van der Waals surface area (Å²) in [7, 11) is 0. The second-order valence-electron chi connectivity index (χ2n) is 6.03. The highest BCUT2D eigenvalue weighted by Gasteiger charge is 2.27. The second-order valence-corrected chi connectivity index (χ2v) is 8.87. The predicted octanol–water partition coefficient (Wildman–Crippen LogP) is 6.88. The molecular weight excluding hydrogens is 466 g/mol. The molecule has 0 saturated carbocycles. The highest BCUT2D eigenvalue weighted by Crippen LogP contribution is 2.45. The fourth-order valence-corrected chi connectivity index (χ4v) is 4.25. The quantitative estimate of drug-likeness (QED) is 0.415. The molecule has 2 aromatic carbocycles. The smallest absolute Gasteiger partial charge is 0.221 e. The average molecular weight is 481 g/mol. The third-order valence-corrected chi connectivity index (χ3v) is 6.93. The summed E-state index contributed by atoms with van der Waals surface area (Å²) in [6.45, 7) is 2.01. The molecule has 0 amide bonds. The molecule has 0 bridgehead atoms. The molecule has 0 aliphatic carbocycles. The number of thioether (sulfide) groups is 1. The molecule has 0 atom stereocenters. The van der Waals surface area contributed by atoms with E-state index in [1.807, 2.05) is 59.7 Å². The SMILES string of the molecule is Cc1cc(N=Nc2c(O)n(C3CSC3)c3ccc(Br)cc23)ccc1Br. The van der Waals surface area contributed by atoms with Gasteiger partial charge in [-0.2, -0.15) is 16.9 Å². The molecule has 1 saturated heterocycles. The van der Waals surface area contributed by atoms with E-state index in [4.69, 9.17) is 0 Å². The van der Waals surface area contributed by atoms with Crippen LogP contribution < -0.4 is 0 Å². The second kappa shape index (κ2) is 6.78. The van der Waals surface area contributed by atoms with Crippen molar-refractivity contribution in [2.45, 2.75) is 13.0 Å². The number of rotatable bonds is 3. The van der Waals surface area contributed by atoms with Crippen LogP contribution in [-0.4, -0.2) is 21.2 Å². The van der Waals surface area contributed by atoms with Crippen molar-refractivity contribution in [3.05, 3.63) is 50.9 Å². The first-order chi connectivity index (χ1) is 12.0. The summed E-state index contributed by atoms with van der Waals surface area (Å²) in [5, 5.41) is 20.4. The number of nitrogens with zero attached hydrogens (tertiary/aromatic N) is 3. The van der Waals surface area contributed by atoms with Gasteiger partial charge in [0, 0.05) is 25.8 Å². The largest absolute Gasteiger partial charge is 0.493 e. The van der Waals surface area contributed by atoms with Gasteiger partial charge in [-0.1, -0.05) is 31.9 Å². The maximum absolute atomic E-state index is 10.8. The van der Waals surface area contributed by atoms with E-state index in [9.17, 15) is 5.11 Å². The van der Waals surface area contributed by atoms with Crippen molar-refractivity contribution in [3.63, 3.8) is 0 Å². The number of halogens is 2. The molecule has 25 heavy (non-hydrogen) atoms. The van der Waals surface area contributed by atoms with Crippen molar-refractivity contribution in [2.24, 2.45) is 10.2 Å². The summed E-state index contributed by atoms with van der Waals surface area (Å²) in [4.78, 5) is 0. The highest BCUT2D eigenvalue weighted by atomic mass is 79.9. The average Bonchev–Trinajstić information content (AvgIpc) is 2.79. The molecule has 0 spiro atoms. The van der Waals surface area contributed by atoms with Crippen LogP contribution in [-0.2, 0) is 0 Å². The summed E-state index contributed by atoms with van der Waals surface area (Å²) in [5.74, 6) is 2.21. The Morgan fingerprint density at radius 2 is 1.92 bits per heavy atom. The zero-order valence-corrected chi connectivity index (χ0v) is 17.4. The van der Waals surface area contributed by atoms with E-state index in [0.717, 1.165) is 42.6 Å². The molecule has 3 aromatic rings. The van der Waals surface area contributed by atoms with Crippen LogP contribution in [0.25, 0.3) is 10.9 Å². The lowest BCUT2D eigenvalue weighted by Crippen LogP contribution is -2.22. The lowest BCUT2D eigenvalue weighted by Gasteiger charge is -2.27. The zero-order chi connectivity index (χ0) is 17.6. The summed E-state index contributed by atoms with van der Waals surface area (Å²) in [6.07, 6.45) is 0. The van der Waals surface area contributed by atoms with E-state index >= 15 is 0 Å². The van der Waals surface area contributed by atoms with E-state index in [2.05, 4.69) is 42.1 Å². The van der Waals surface area contributed by atoms with Crippen molar-refractivity contribution in [3.8, 4) is 5.88 Å². The molecule has 1 fully saturated rings. The topological polar surface area (TPSA) is 49.9 Å². The number of aromatic hydroxyl groups is 1. The van der Waals surface area contributed by atoms with E-state index in [1.54, 1.807) is 0 Å². The lowest BCUT2D eigenvalue weighted by molar-refractivity contribution is 0.406. The van der Waals surface area contributed by atoms with Gasteiger partial charge in [0.05, 0.1) is 17.2 Å². The Balaban J connectivity index is 1.83. The van der Waals surface area contributed by atoms with Gasteiger partial charge in [-0.05, 0) is 48.9 Å². The molecule has 4 nitrogen and oxygen atoms in total. The van der Waals surface area contributed by atoms with Crippen molar-refractivity contribution in [1.29, 1.82) is 0 Å². The van der Waals surface area contributed by atoms with Gasteiger partial charge in [0.25, 0.3) is 0 Å². The van der Waals surface area contributed by atoms with Crippen LogP contribution in [0.3, 0.4) is 0 Å². The van der Waals surface area contributed by atoms with Crippen LogP contribution >= 0.6 is 43.6 Å². The summed E-state index contributed by atoms with van der Waals surface area (Å²) in [6, 6.07) is 12.1. The van der Waals surface area contributed by atoms with Crippen LogP contribution in [0.15, 0.2) is 55.6 Å². The normalized spacial score (nSPS) is 15.2. The molecule has 0 unspecified atom stereocenters. The molecule has 1 aliphatic heterocycles. The maximum atomic E-state index is 10.8. The number of fused-ring (bicyclic) bond motifs is 1. The number of azo groups is 1. The van der Waals surface area contributed by atoms with Crippen molar-refractivity contribution < 1.29 is 5.11 Å². The Labute approximate surface area is 166 Å². The molecule has 2 heterocycles. The van der Waals surface area contributed by atoms with Crippen molar-refractivity contribution >= 4 is 65.9 Å². The Bertz CT molecular complexity index is 996. The Hall–Kier alpha value is -1.31. The first-order valence-corrected chi connectivity index (χ1v) is 10.6. The maximum Gasteiger partial charge on any atom is 0.221 e. The fraction of sp³-hybridized carbons (Fsp3) is 0.222. The Morgan fingerprint density at radius 1 is 1.12 bits per heavy atom. The number of benzene rings is 2. The fourth-order valence-electron chi connectivity index (χ4n) is 2.90. The van der Waals surface area contributed by atoms with Crippen molar-refractivity contribution in [1.82, 2.24) is 4.57 Å². The first-order valence-electron chi connectivity index (χ1n) is 7.82. The molecule has 0 radical (unpaired) electrons. The molecule has 1 aromatic heterocycles. The summed E-state index contributed by atoms with van der Waals surface area (Å²) < 4.78 is 3.98. The van der Waals surface area contributed by atoms with Crippen LogP contribution in [0, 0.1) is 6.92 Å². The van der Waals surface area contributed by atoms with Gasteiger partial charge in [0.1, 0.15) is 0 Å². The highest BCUT2D eigenvalue weighted by molar-refractivity contribution is 9.10. The monoisotopic (exact) mass is 479 g/mol. The van der Waals surface area contributed by atoms with Gasteiger partial charge >= 0.3 is 0 Å². The molecule has 128 valence electrons. The number of aryl methyl sites for hydroxylation is 1. The van der Waals surface area contributed by atoms with Gasteiger partial charge in [0.2, 0.25) is 5.88 Å². The Kier molecular flexibility index (Phi) is 4.64. The minimum absolute atomic E-state index is 0.191. The van der Waals surface area contributed by atoms with E-state index in [0.29, 0.717) is 11.7 Å². The molecule has 1 aliphatic rings. The minimum atomic E-state index is 0.191. The van der Waals surface area contributed by atoms with Gasteiger partial charge in [-0.25, -0.2) is 0 Å². The summed E-state index contributed by atoms with van der Waals surface area (Å²) >= 11 is 8.88. The minimum Gasteiger partial charge on any atom is -0.493 e. The third-order valence-electron chi connectivity index (χ3n) is 4.31. The molecule has 7 heteroatoms. The van der Waals surface area contributed by atoms with E-state index in [1.165, 1.54) is 0 Å². The predicted molar refractivity (Wildman–Crippen MR) is 111 cm³/mol. The number of hydrogen-bond acceptors (Lipinski definition) is 4. The van der Waals surface area contributed by atoms with Gasteiger partial charge < -0.3 is 9.67 Å². The molecule has 4 rings (SSSR count). The van der Waals surface area contributed by atoms with Gasteiger partial charge in [0.15, 0.2) is 5.69 Å². The van der Waals surface area contributed by atoms with Crippen LogP contribution in [0.5, 0.6) is 5.88 Å². The zero-order valence-electron chi connectivity index (χ0n) is 13.4. The van der Waals surface area contributed by atoms with Gasteiger partial charge in [-0.3, -0.25) is 0 Å². The van der Waals surface area contributed by atoms with Crippen molar-refractivity contribution in [2.75, 3.05) is 11.5 Å². The number of hydrogen-bond donors (Lipinski definition) is 1. The lowest BCUT2D eigenvalue weighted by atomic mass is 10.2. The summed E-state index contributed by atoms with van der Waals surface area (Å²) in [5.41, 5.74) is 3.37. The van der Waals surface area contributed by atoms with Crippen LogP contribution in [0.2, 0.25) is 0 Å². The standard InChI is InChI=1S/C18H15Br2N3OS/c1-10-6-12(3-4-15(10)20)21-22-17-14-7-11(19)2-5-16(14)23(18(17)24)13-8-25-9-13/h2-7,13,24H,8-9H2,1H3.